The molecule has 8 nitrogen and oxygen atoms in total. The largest absolute Gasteiger partial charge is 0.394 e. The molecule has 0 saturated carbocycles. The number of aliphatic hydroxyl groups excluding tert-OH is 1. The third kappa shape index (κ3) is 4.65. The number of anilines is 1. The van der Waals surface area contributed by atoms with E-state index in [-0.39, 0.29) is 36.8 Å². The van der Waals surface area contributed by atoms with E-state index in [1.165, 1.54) is 0 Å². The predicted molar refractivity (Wildman–Crippen MR) is 164 cm³/mol. The average molecular weight is 574 g/mol. The molecule has 3 fully saturated rings. The van der Waals surface area contributed by atoms with Gasteiger partial charge in [-0.3, -0.25) is 14.4 Å². The average Bonchev–Trinajstić information content (AvgIpc) is 3.54. The Balaban J connectivity index is 1.64. The Morgan fingerprint density at radius 3 is 2.43 bits per heavy atom. The summed E-state index contributed by atoms with van der Waals surface area (Å²) >= 11 is 0. The molecule has 2 aromatic carbocycles. The van der Waals surface area contributed by atoms with Crippen LogP contribution in [0, 0.1) is 17.8 Å². The SMILES string of the molecule is C=CCN(C)C(=O)[C@H]1[C@H]2C(=O)N([C@@H](CO)CC(C)C)C(C(=O)N(CC=C)c3ccc4ccccc4c3)C23CC[C@]1(C)O3. The third-order valence-electron chi connectivity index (χ3n) is 9.46. The van der Waals surface area contributed by atoms with Gasteiger partial charge in [-0.15, -0.1) is 13.2 Å². The van der Waals surface area contributed by atoms with Crippen LogP contribution < -0.4 is 4.90 Å². The zero-order valence-corrected chi connectivity index (χ0v) is 25.2. The van der Waals surface area contributed by atoms with Crippen molar-refractivity contribution in [3.63, 3.8) is 0 Å². The number of nitrogens with zero attached hydrogens (tertiary/aromatic N) is 3. The number of rotatable bonds is 11. The van der Waals surface area contributed by atoms with E-state index in [0.29, 0.717) is 31.5 Å². The molecule has 2 aromatic rings. The van der Waals surface area contributed by atoms with Gasteiger partial charge in [0.15, 0.2) is 0 Å². The highest BCUT2D eigenvalue weighted by atomic mass is 16.5. The summed E-state index contributed by atoms with van der Waals surface area (Å²) in [6, 6.07) is 12.2. The zero-order valence-electron chi connectivity index (χ0n) is 25.2. The minimum Gasteiger partial charge on any atom is -0.394 e. The molecule has 5 rings (SSSR count). The Morgan fingerprint density at radius 2 is 1.79 bits per heavy atom. The molecule has 0 aromatic heterocycles. The van der Waals surface area contributed by atoms with Gasteiger partial charge in [0.2, 0.25) is 11.8 Å². The fourth-order valence-electron chi connectivity index (χ4n) is 7.70. The van der Waals surface area contributed by atoms with Gasteiger partial charge in [0, 0.05) is 25.8 Å². The second kappa shape index (κ2) is 11.3. The summed E-state index contributed by atoms with van der Waals surface area (Å²) in [5.74, 6) is -2.17. The first-order valence-electron chi connectivity index (χ1n) is 14.9. The summed E-state index contributed by atoms with van der Waals surface area (Å²) in [5.41, 5.74) is -1.37. The third-order valence-corrected chi connectivity index (χ3v) is 9.46. The number of aliphatic hydroxyl groups is 1. The maximum absolute atomic E-state index is 14.9. The number of likely N-dealkylation sites (tertiary alicyclic amines) is 1. The molecular weight excluding hydrogens is 530 g/mol. The van der Waals surface area contributed by atoms with E-state index in [2.05, 4.69) is 13.2 Å². The van der Waals surface area contributed by atoms with Crippen LogP contribution in [0.25, 0.3) is 10.8 Å². The molecule has 42 heavy (non-hydrogen) atoms. The number of likely N-dealkylation sites (N-methyl/N-ethyl adjacent to an activating group) is 1. The minimum absolute atomic E-state index is 0.166. The number of hydrogen-bond donors (Lipinski definition) is 1. The van der Waals surface area contributed by atoms with Crippen molar-refractivity contribution in [1.82, 2.24) is 9.80 Å². The lowest BCUT2D eigenvalue weighted by molar-refractivity contribution is -0.151. The van der Waals surface area contributed by atoms with E-state index >= 15 is 0 Å². The molecule has 8 heteroatoms. The quantitative estimate of drug-likeness (QED) is 0.408. The molecule has 6 atom stereocenters. The highest BCUT2D eigenvalue weighted by Gasteiger charge is 2.78. The van der Waals surface area contributed by atoms with Crippen molar-refractivity contribution in [1.29, 1.82) is 0 Å². The molecule has 2 unspecified atom stereocenters. The number of hydrogen-bond acceptors (Lipinski definition) is 5. The van der Waals surface area contributed by atoms with Crippen LogP contribution in [-0.2, 0) is 19.1 Å². The van der Waals surface area contributed by atoms with Crippen LogP contribution in [0.2, 0.25) is 0 Å². The Hall–Kier alpha value is -3.49. The number of benzene rings is 2. The lowest BCUT2D eigenvalue weighted by atomic mass is 9.66. The van der Waals surface area contributed by atoms with Crippen molar-refractivity contribution in [2.45, 2.75) is 63.3 Å². The summed E-state index contributed by atoms with van der Waals surface area (Å²) in [6.45, 7) is 13.9. The lowest BCUT2D eigenvalue weighted by Crippen LogP contribution is -2.59. The molecule has 2 bridgehead atoms. The van der Waals surface area contributed by atoms with Gasteiger partial charge in [0.25, 0.3) is 5.91 Å². The molecule has 0 radical (unpaired) electrons. The Labute approximate surface area is 248 Å². The summed E-state index contributed by atoms with van der Waals surface area (Å²) in [4.78, 5) is 48.1. The van der Waals surface area contributed by atoms with Gasteiger partial charge in [-0.2, -0.15) is 0 Å². The number of carbonyl (C=O) groups excluding carboxylic acids is 3. The van der Waals surface area contributed by atoms with E-state index in [9.17, 15) is 19.5 Å². The van der Waals surface area contributed by atoms with Crippen LogP contribution in [-0.4, -0.2) is 82.7 Å². The highest BCUT2D eigenvalue weighted by molar-refractivity contribution is 6.06. The van der Waals surface area contributed by atoms with Crippen molar-refractivity contribution in [3.05, 3.63) is 67.8 Å². The summed E-state index contributed by atoms with van der Waals surface area (Å²) < 4.78 is 6.81. The van der Waals surface area contributed by atoms with Gasteiger partial charge in [0.05, 0.1) is 30.1 Å². The Kier molecular flexibility index (Phi) is 8.07. The van der Waals surface area contributed by atoms with Crippen molar-refractivity contribution in [2.24, 2.45) is 17.8 Å². The maximum atomic E-state index is 14.9. The van der Waals surface area contributed by atoms with Crippen molar-refractivity contribution in [3.8, 4) is 0 Å². The number of ether oxygens (including phenoxy) is 1. The molecule has 3 heterocycles. The van der Waals surface area contributed by atoms with Crippen LogP contribution in [0.5, 0.6) is 0 Å². The zero-order chi connectivity index (χ0) is 30.4. The summed E-state index contributed by atoms with van der Waals surface area (Å²) in [6.07, 6.45) is 4.87. The van der Waals surface area contributed by atoms with Gasteiger partial charge < -0.3 is 24.5 Å². The van der Waals surface area contributed by atoms with Crippen LogP contribution in [0.15, 0.2) is 67.8 Å². The van der Waals surface area contributed by atoms with Crippen molar-refractivity contribution in [2.75, 3.05) is 31.6 Å². The monoisotopic (exact) mass is 573 g/mol. The molecule has 1 spiro atoms. The van der Waals surface area contributed by atoms with E-state index in [1.807, 2.05) is 63.2 Å². The van der Waals surface area contributed by atoms with Gasteiger partial charge in [0.1, 0.15) is 11.6 Å². The maximum Gasteiger partial charge on any atom is 0.253 e. The van der Waals surface area contributed by atoms with Crippen LogP contribution in [0.4, 0.5) is 5.69 Å². The number of fused-ring (bicyclic) bond motifs is 2. The van der Waals surface area contributed by atoms with Gasteiger partial charge in [-0.05, 0) is 55.0 Å². The molecule has 3 aliphatic heterocycles. The minimum atomic E-state index is -1.18. The molecular formula is C34H43N3O5. The standard InChI is InChI=1S/C34H43N3O5/c1-7-17-35(6)30(39)27-28-31(40)37(26(21-38)19-22(3)4)29(34(28)16-15-33(27,5)42-34)32(41)36(18-8-2)25-14-13-23-11-9-10-12-24(23)20-25/h7-14,20,22,26-29,38H,1-2,15-19,21H2,3-6H3/t26-,27-,28+,29?,33+,34?/m1/s1. The number of amides is 3. The second-order valence-electron chi connectivity index (χ2n) is 12.7. The summed E-state index contributed by atoms with van der Waals surface area (Å²) in [7, 11) is 1.70. The fraction of sp³-hybridized carbons (Fsp3) is 0.500. The smallest absolute Gasteiger partial charge is 0.253 e. The van der Waals surface area contributed by atoms with Gasteiger partial charge in [-0.1, -0.05) is 56.3 Å². The van der Waals surface area contributed by atoms with Crippen LogP contribution in [0.1, 0.15) is 40.0 Å². The van der Waals surface area contributed by atoms with Crippen LogP contribution >= 0.6 is 0 Å². The fourth-order valence-corrected chi connectivity index (χ4v) is 7.70. The summed E-state index contributed by atoms with van der Waals surface area (Å²) in [5, 5.41) is 12.6. The first-order chi connectivity index (χ1) is 20.0. The highest BCUT2D eigenvalue weighted by Crippen LogP contribution is 2.64. The van der Waals surface area contributed by atoms with E-state index in [4.69, 9.17) is 4.74 Å². The molecule has 3 aliphatic rings. The van der Waals surface area contributed by atoms with E-state index < -0.39 is 35.1 Å². The number of carbonyl (C=O) groups is 3. The predicted octanol–water partition coefficient (Wildman–Crippen LogP) is 4.17. The lowest BCUT2D eigenvalue weighted by Gasteiger charge is -2.40. The van der Waals surface area contributed by atoms with Gasteiger partial charge >= 0.3 is 0 Å². The van der Waals surface area contributed by atoms with E-state index in [0.717, 1.165) is 10.8 Å². The molecule has 1 N–H and O–H groups in total. The Bertz CT molecular complexity index is 1410. The van der Waals surface area contributed by atoms with E-state index in [1.54, 1.807) is 33.9 Å². The van der Waals surface area contributed by atoms with Crippen molar-refractivity contribution >= 4 is 34.2 Å². The molecule has 3 amide bonds. The van der Waals surface area contributed by atoms with Crippen molar-refractivity contribution < 1.29 is 24.2 Å². The Morgan fingerprint density at radius 1 is 1.10 bits per heavy atom. The first-order valence-corrected chi connectivity index (χ1v) is 14.9. The molecule has 0 aliphatic carbocycles. The topological polar surface area (TPSA) is 90.4 Å². The molecule has 224 valence electrons. The second-order valence-corrected chi connectivity index (χ2v) is 12.7. The molecule has 3 saturated heterocycles. The van der Waals surface area contributed by atoms with Crippen LogP contribution in [0.3, 0.4) is 0 Å². The normalized spacial score (nSPS) is 28.7. The first kappa shape index (κ1) is 30.0. The van der Waals surface area contributed by atoms with Gasteiger partial charge in [-0.25, -0.2) is 0 Å².